The van der Waals surface area contributed by atoms with Gasteiger partial charge in [0.25, 0.3) is 0 Å². The van der Waals surface area contributed by atoms with Crippen LogP contribution in [-0.4, -0.2) is 0 Å². The van der Waals surface area contributed by atoms with Crippen LogP contribution in [0.3, 0.4) is 0 Å². The van der Waals surface area contributed by atoms with Crippen LogP contribution in [0.25, 0.3) is 0 Å². The molecule has 0 rings (SSSR count). The molecule has 0 fully saturated rings. The van der Waals surface area contributed by atoms with Gasteiger partial charge in [-0.05, 0) is 0 Å². The number of rotatable bonds is 0. The Morgan fingerprint density at radius 3 is 1.60 bits per heavy atom. The van der Waals surface area contributed by atoms with Gasteiger partial charge in [-0.25, -0.2) is 5.26 Å². The second-order valence-electron chi connectivity index (χ2n) is 0.0913. The quantitative estimate of drug-likeness (QED) is 0.189. The first kappa shape index (κ1) is 15.7. The van der Waals surface area contributed by atoms with Crippen LogP contribution in [0.15, 0.2) is 0 Å². The molecule has 18 valence electrons. The Bertz CT molecular complexity index is 35.0. The summed E-state index contributed by atoms with van der Waals surface area (Å²) < 4.78 is 0. The van der Waals surface area contributed by atoms with Crippen LogP contribution in [0.1, 0.15) is 1.43 Å². The minimum absolute atomic E-state index is 0. The average Bonchev–Trinajstić information content (AvgIpc) is 0.918. The molecule has 0 aromatic rings. The summed E-state index contributed by atoms with van der Waals surface area (Å²) in [6.07, 6.45) is 0. The van der Waals surface area contributed by atoms with E-state index < -0.39 is 0 Å². The summed E-state index contributed by atoms with van der Waals surface area (Å²) >= 11 is 3.70. The Morgan fingerprint density at radius 2 is 1.60 bits per heavy atom. The number of nitriles is 1. The largest absolute Gasteiger partial charge is 1.00 e. The van der Waals surface area contributed by atoms with Crippen molar-refractivity contribution in [3.05, 3.63) is 0 Å². The molecule has 0 aliphatic carbocycles. The summed E-state index contributed by atoms with van der Waals surface area (Å²) in [5.74, 6) is 0. The Hall–Kier alpha value is 2.98. The third-order valence-electron chi connectivity index (χ3n) is 0. The molecule has 0 amide bonds. The molecule has 1 nitrogen and oxygen atoms in total. The van der Waals surface area contributed by atoms with Gasteiger partial charge in [-0.15, -0.1) is 0 Å². The Morgan fingerprint density at radius 1 is 1.60 bits per heavy atom. The molecular formula is CHK2NS. The van der Waals surface area contributed by atoms with Crippen molar-refractivity contribution < 1.29 is 104 Å². The van der Waals surface area contributed by atoms with E-state index in [1.54, 1.807) is 0 Å². The fourth-order valence-corrected chi connectivity index (χ4v) is 0. The van der Waals surface area contributed by atoms with Crippen molar-refractivity contribution in [3.63, 3.8) is 0 Å². The van der Waals surface area contributed by atoms with E-state index in [1.807, 2.05) is 0 Å². The fraction of sp³-hybridized carbons (Fsp3) is 0. The topological polar surface area (TPSA) is 23.8 Å². The number of thiocyanates is 1. The summed E-state index contributed by atoms with van der Waals surface area (Å²) in [7, 11) is 0. The zero-order valence-electron chi connectivity index (χ0n) is 4.36. The van der Waals surface area contributed by atoms with E-state index in [0.717, 1.165) is 0 Å². The van der Waals surface area contributed by atoms with Gasteiger partial charge < -0.3 is 14.1 Å². The predicted molar refractivity (Wildman–Crippen MR) is 14.1 cm³/mol. The molecule has 0 bridgehead atoms. The molecule has 0 aliphatic heterocycles. The SMILES string of the molecule is N#C[S-].[H-].[K+].[K+]. The smallest absolute Gasteiger partial charge is 1.00 e. The first-order valence-electron chi connectivity index (χ1n) is 0.428. The standard InChI is InChI=1S/CHNS.2K.H/c2-1-3;;;/h3H;;;/q;2*+1;-1/p-1. The van der Waals surface area contributed by atoms with Crippen molar-refractivity contribution in [2.45, 2.75) is 0 Å². The van der Waals surface area contributed by atoms with Gasteiger partial charge in [-0.1, -0.05) is 5.40 Å². The third kappa shape index (κ3) is 19.5. The van der Waals surface area contributed by atoms with Gasteiger partial charge in [-0.2, -0.15) is 0 Å². The van der Waals surface area contributed by atoms with E-state index in [9.17, 15) is 0 Å². The van der Waals surface area contributed by atoms with Crippen molar-refractivity contribution in [2.24, 2.45) is 0 Å². The maximum atomic E-state index is 7.13. The van der Waals surface area contributed by atoms with Gasteiger partial charge in [0.2, 0.25) is 0 Å². The molecule has 0 saturated heterocycles. The fourth-order valence-electron chi connectivity index (χ4n) is 0. The van der Waals surface area contributed by atoms with Gasteiger partial charge in [-0.3, -0.25) is 0 Å². The monoisotopic (exact) mass is 137 g/mol. The summed E-state index contributed by atoms with van der Waals surface area (Å²) in [5.41, 5.74) is 0. The molecule has 4 heteroatoms. The van der Waals surface area contributed by atoms with E-state index >= 15 is 0 Å². The van der Waals surface area contributed by atoms with E-state index in [2.05, 4.69) is 12.6 Å². The van der Waals surface area contributed by atoms with Crippen LogP contribution in [0.4, 0.5) is 0 Å². The third-order valence-corrected chi connectivity index (χ3v) is 0. The van der Waals surface area contributed by atoms with Crippen molar-refractivity contribution in [3.8, 4) is 5.40 Å². The number of hydrogen-bond donors (Lipinski definition) is 0. The second kappa shape index (κ2) is 15.8. The number of nitrogens with zero attached hydrogens (tertiary/aromatic N) is 1. The van der Waals surface area contributed by atoms with Crippen LogP contribution >= 0.6 is 0 Å². The molecule has 0 N–H and O–H groups in total. The summed E-state index contributed by atoms with van der Waals surface area (Å²) in [6.45, 7) is 0. The molecule has 0 aliphatic rings. The van der Waals surface area contributed by atoms with Crippen LogP contribution in [0.2, 0.25) is 0 Å². The predicted octanol–water partition coefficient (Wildman–Crippen LogP) is -5.87. The zero-order valence-corrected chi connectivity index (χ0v) is 10.4. The zero-order chi connectivity index (χ0) is 2.71. The Kier molecular flexibility index (Phi) is 49.4. The molecule has 0 aromatic heterocycles. The Balaban J connectivity index is -0.00000000667. The van der Waals surface area contributed by atoms with E-state index in [0.29, 0.717) is 0 Å². The molecule has 0 aromatic carbocycles. The van der Waals surface area contributed by atoms with Gasteiger partial charge in [0.1, 0.15) is 0 Å². The van der Waals surface area contributed by atoms with Gasteiger partial charge >= 0.3 is 103 Å². The molecule has 0 unspecified atom stereocenters. The normalized spacial score (nSPS) is 1.40. The van der Waals surface area contributed by atoms with E-state index in [4.69, 9.17) is 5.26 Å². The first-order chi connectivity index (χ1) is 1.41. The Labute approximate surface area is 124 Å². The van der Waals surface area contributed by atoms with Gasteiger partial charge in [0, 0.05) is 0 Å². The van der Waals surface area contributed by atoms with Crippen LogP contribution in [0.5, 0.6) is 0 Å². The average molecular weight is 137 g/mol. The molecular weight excluding hydrogens is 136 g/mol. The van der Waals surface area contributed by atoms with Crippen LogP contribution < -0.4 is 103 Å². The molecule has 0 saturated carbocycles. The summed E-state index contributed by atoms with van der Waals surface area (Å²) in [5, 5.41) is 8.47. The van der Waals surface area contributed by atoms with Gasteiger partial charge in [0.05, 0.1) is 0 Å². The summed E-state index contributed by atoms with van der Waals surface area (Å²) in [4.78, 5) is 0. The molecule has 0 spiro atoms. The van der Waals surface area contributed by atoms with Crippen molar-refractivity contribution in [2.75, 3.05) is 0 Å². The molecule has 0 heterocycles. The van der Waals surface area contributed by atoms with Crippen LogP contribution in [-0.2, 0) is 12.6 Å². The van der Waals surface area contributed by atoms with Crippen molar-refractivity contribution in [1.82, 2.24) is 0 Å². The van der Waals surface area contributed by atoms with Crippen molar-refractivity contribution >= 4 is 12.6 Å². The summed E-state index contributed by atoms with van der Waals surface area (Å²) in [6, 6.07) is 0. The molecule has 0 atom stereocenters. The van der Waals surface area contributed by atoms with Gasteiger partial charge in [0.15, 0.2) is 0 Å². The van der Waals surface area contributed by atoms with E-state index in [1.165, 1.54) is 5.40 Å². The van der Waals surface area contributed by atoms with E-state index in [-0.39, 0.29) is 104 Å². The first-order valence-corrected chi connectivity index (χ1v) is 0.836. The number of hydrogen-bond acceptors (Lipinski definition) is 2. The van der Waals surface area contributed by atoms with Crippen LogP contribution in [0, 0.1) is 10.7 Å². The second-order valence-corrected chi connectivity index (χ2v) is 0.274. The molecule has 0 radical (unpaired) electrons. The minimum Gasteiger partial charge on any atom is -1.00 e. The maximum absolute atomic E-state index is 7.13. The molecule has 5 heavy (non-hydrogen) atoms. The van der Waals surface area contributed by atoms with Crippen molar-refractivity contribution in [1.29, 1.82) is 5.26 Å². The minimum atomic E-state index is 0. The maximum Gasteiger partial charge on any atom is 1.00 e.